The SMILES string of the molecule is CC(C)C1=NC(c2ccccc2)COC1=O. The molecule has 0 amide bonds. The molecular weight excluding hydrogens is 202 g/mol. The topological polar surface area (TPSA) is 38.7 Å². The molecule has 1 heterocycles. The zero-order chi connectivity index (χ0) is 11.5. The summed E-state index contributed by atoms with van der Waals surface area (Å²) in [5, 5.41) is 0. The summed E-state index contributed by atoms with van der Waals surface area (Å²) >= 11 is 0. The predicted octanol–water partition coefficient (Wildman–Crippen LogP) is 2.38. The van der Waals surface area contributed by atoms with E-state index >= 15 is 0 Å². The molecule has 0 fully saturated rings. The van der Waals surface area contributed by atoms with Crippen LogP contribution in [0.3, 0.4) is 0 Å². The van der Waals surface area contributed by atoms with Crippen molar-refractivity contribution in [2.45, 2.75) is 19.9 Å². The summed E-state index contributed by atoms with van der Waals surface area (Å²) in [6.07, 6.45) is 0. The fourth-order valence-electron chi connectivity index (χ4n) is 1.72. The number of aliphatic imine (C=N–C) groups is 1. The third kappa shape index (κ3) is 2.13. The number of carbonyl (C=O) groups is 1. The lowest BCUT2D eigenvalue weighted by Gasteiger charge is -2.22. The smallest absolute Gasteiger partial charge is 0.352 e. The molecule has 1 unspecified atom stereocenters. The van der Waals surface area contributed by atoms with E-state index in [1.165, 1.54) is 0 Å². The Hall–Kier alpha value is -1.64. The van der Waals surface area contributed by atoms with E-state index in [1.807, 2.05) is 44.2 Å². The van der Waals surface area contributed by atoms with Gasteiger partial charge in [-0.05, 0) is 5.56 Å². The molecule has 84 valence electrons. The van der Waals surface area contributed by atoms with Crippen molar-refractivity contribution in [1.29, 1.82) is 0 Å². The van der Waals surface area contributed by atoms with E-state index in [4.69, 9.17) is 4.74 Å². The number of hydrogen-bond acceptors (Lipinski definition) is 3. The Morgan fingerprint density at radius 1 is 1.31 bits per heavy atom. The Morgan fingerprint density at radius 3 is 2.62 bits per heavy atom. The van der Waals surface area contributed by atoms with E-state index in [1.54, 1.807) is 0 Å². The summed E-state index contributed by atoms with van der Waals surface area (Å²) in [6, 6.07) is 9.87. The van der Waals surface area contributed by atoms with Gasteiger partial charge in [-0.2, -0.15) is 0 Å². The first kappa shape index (κ1) is 10.9. The van der Waals surface area contributed by atoms with E-state index in [-0.39, 0.29) is 17.9 Å². The van der Waals surface area contributed by atoms with E-state index in [0.29, 0.717) is 12.3 Å². The third-order valence-electron chi connectivity index (χ3n) is 2.61. The minimum absolute atomic E-state index is 0.0451. The van der Waals surface area contributed by atoms with Crippen LogP contribution >= 0.6 is 0 Å². The fourth-order valence-corrected chi connectivity index (χ4v) is 1.72. The second-order valence-electron chi connectivity index (χ2n) is 4.19. The molecule has 0 spiro atoms. The second kappa shape index (κ2) is 4.47. The molecule has 1 aliphatic heterocycles. The highest BCUT2D eigenvalue weighted by Crippen LogP contribution is 2.22. The van der Waals surface area contributed by atoms with Crippen LogP contribution in [0.15, 0.2) is 35.3 Å². The molecule has 0 saturated carbocycles. The number of hydrogen-bond donors (Lipinski definition) is 0. The van der Waals surface area contributed by atoms with Gasteiger partial charge in [-0.1, -0.05) is 44.2 Å². The number of rotatable bonds is 2. The van der Waals surface area contributed by atoms with Crippen LogP contribution in [0.2, 0.25) is 0 Å². The van der Waals surface area contributed by atoms with Crippen LogP contribution in [-0.2, 0) is 9.53 Å². The Bertz CT molecular complexity index is 409. The molecule has 0 saturated heterocycles. The maximum atomic E-state index is 11.5. The Balaban J connectivity index is 2.29. The van der Waals surface area contributed by atoms with E-state index < -0.39 is 0 Å². The molecule has 16 heavy (non-hydrogen) atoms. The number of benzene rings is 1. The second-order valence-corrected chi connectivity index (χ2v) is 4.19. The van der Waals surface area contributed by atoms with Crippen LogP contribution in [0, 0.1) is 5.92 Å². The van der Waals surface area contributed by atoms with Crippen molar-refractivity contribution >= 4 is 11.7 Å². The zero-order valence-corrected chi connectivity index (χ0v) is 9.51. The van der Waals surface area contributed by atoms with Gasteiger partial charge >= 0.3 is 5.97 Å². The van der Waals surface area contributed by atoms with Gasteiger partial charge in [0.25, 0.3) is 0 Å². The first-order valence-electron chi connectivity index (χ1n) is 5.48. The van der Waals surface area contributed by atoms with Gasteiger partial charge in [0, 0.05) is 5.92 Å². The quantitative estimate of drug-likeness (QED) is 0.713. The van der Waals surface area contributed by atoms with Crippen LogP contribution in [0.1, 0.15) is 25.5 Å². The number of cyclic esters (lactones) is 1. The number of carbonyl (C=O) groups excluding carboxylic acids is 1. The van der Waals surface area contributed by atoms with Crippen LogP contribution in [0.25, 0.3) is 0 Å². The molecular formula is C13H15NO2. The van der Waals surface area contributed by atoms with Gasteiger partial charge in [0.2, 0.25) is 0 Å². The Labute approximate surface area is 95.2 Å². The monoisotopic (exact) mass is 217 g/mol. The van der Waals surface area contributed by atoms with Crippen molar-refractivity contribution in [3.63, 3.8) is 0 Å². The van der Waals surface area contributed by atoms with Gasteiger partial charge in [0.05, 0.1) is 0 Å². The highest BCUT2D eigenvalue weighted by molar-refractivity contribution is 6.37. The lowest BCUT2D eigenvalue weighted by atomic mass is 10.0. The third-order valence-corrected chi connectivity index (χ3v) is 2.61. The molecule has 2 rings (SSSR count). The largest absolute Gasteiger partial charge is 0.459 e. The minimum atomic E-state index is -0.276. The predicted molar refractivity (Wildman–Crippen MR) is 62.4 cm³/mol. The average Bonchev–Trinajstić information content (AvgIpc) is 2.30. The molecule has 3 nitrogen and oxygen atoms in total. The molecule has 1 aromatic rings. The summed E-state index contributed by atoms with van der Waals surface area (Å²) < 4.78 is 5.15. The standard InChI is InChI=1S/C13H15NO2/c1-9(2)12-13(15)16-8-11(14-12)10-6-4-3-5-7-10/h3-7,9,11H,8H2,1-2H3. The first-order valence-corrected chi connectivity index (χ1v) is 5.48. The molecule has 1 aliphatic rings. The summed E-state index contributed by atoms with van der Waals surface area (Å²) in [5.41, 5.74) is 1.63. The van der Waals surface area contributed by atoms with Crippen molar-refractivity contribution in [2.24, 2.45) is 10.9 Å². The van der Waals surface area contributed by atoms with Crippen LogP contribution < -0.4 is 0 Å². The maximum absolute atomic E-state index is 11.5. The van der Waals surface area contributed by atoms with Crippen LogP contribution in [0.5, 0.6) is 0 Å². The molecule has 0 aromatic heterocycles. The zero-order valence-electron chi connectivity index (χ0n) is 9.51. The van der Waals surface area contributed by atoms with Crippen molar-refractivity contribution in [2.75, 3.05) is 6.61 Å². The average molecular weight is 217 g/mol. The summed E-state index contributed by atoms with van der Waals surface area (Å²) in [7, 11) is 0. The molecule has 1 aromatic carbocycles. The van der Waals surface area contributed by atoms with E-state index in [2.05, 4.69) is 4.99 Å². The normalized spacial score (nSPS) is 20.6. The summed E-state index contributed by atoms with van der Waals surface area (Å²) in [4.78, 5) is 15.9. The first-order chi connectivity index (χ1) is 7.68. The van der Waals surface area contributed by atoms with Crippen molar-refractivity contribution in [1.82, 2.24) is 0 Å². The molecule has 0 aliphatic carbocycles. The van der Waals surface area contributed by atoms with Crippen LogP contribution in [0.4, 0.5) is 0 Å². The minimum Gasteiger partial charge on any atom is -0.459 e. The Morgan fingerprint density at radius 2 is 2.00 bits per heavy atom. The van der Waals surface area contributed by atoms with Crippen molar-refractivity contribution < 1.29 is 9.53 Å². The summed E-state index contributed by atoms with van der Waals surface area (Å²) in [5.74, 6) is -0.166. The highest BCUT2D eigenvalue weighted by atomic mass is 16.5. The van der Waals surface area contributed by atoms with E-state index in [9.17, 15) is 4.79 Å². The molecule has 0 radical (unpaired) electrons. The van der Waals surface area contributed by atoms with Gasteiger partial charge in [0.1, 0.15) is 18.4 Å². The Kier molecular flexibility index (Phi) is 3.04. The summed E-state index contributed by atoms with van der Waals surface area (Å²) in [6.45, 7) is 4.25. The lowest BCUT2D eigenvalue weighted by Crippen LogP contribution is -2.30. The lowest BCUT2D eigenvalue weighted by molar-refractivity contribution is -0.137. The van der Waals surface area contributed by atoms with Gasteiger partial charge in [-0.15, -0.1) is 0 Å². The molecule has 1 atom stereocenters. The van der Waals surface area contributed by atoms with E-state index in [0.717, 1.165) is 5.56 Å². The highest BCUT2D eigenvalue weighted by Gasteiger charge is 2.26. The van der Waals surface area contributed by atoms with Crippen molar-refractivity contribution in [3.05, 3.63) is 35.9 Å². The van der Waals surface area contributed by atoms with Gasteiger partial charge in [0.15, 0.2) is 0 Å². The number of ether oxygens (including phenoxy) is 1. The number of nitrogens with zero attached hydrogens (tertiary/aromatic N) is 1. The molecule has 0 bridgehead atoms. The fraction of sp³-hybridized carbons (Fsp3) is 0.385. The number of esters is 1. The molecule has 0 N–H and O–H groups in total. The van der Waals surface area contributed by atoms with Crippen molar-refractivity contribution in [3.8, 4) is 0 Å². The van der Waals surface area contributed by atoms with Gasteiger partial charge in [-0.25, -0.2) is 4.79 Å². The van der Waals surface area contributed by atoms with Crippen LogP contribution in [-0.4, -0.2) is 18.3 Å². The maximum Gasteiger partial charge on any atom is 0.352 e. The molecule has 3 heteroatoms. The van der Waals surface area contributed by atoms with Gasteiger partial charge in [-0.3, -0.25) is 4.99 Å². The van der Waals surface area contributed by atoms with Gasteiger partial charge < -0.3 is 4.74 Å².